The molecule has 0 spiro atoms. The van der Waals surface area contributed by atoms with Gasteiger partial charge in [0.15, 0.2) is 8.32 Å². The van der Waals surface area contributed by atoms with Gasteiger partial charge in [0.1, 0.15) is 17.4 Å². The first-order valence-electron chi connectivity index (χ1n) is 10.7. The fraction of sp³-hybridized carbons (Fsp3) is 0.625. The third-order valence-corrected chi connectivity index (χ3v) is 9.87. The summed E-state index contributed by atoms with van der Waals surface area (Å²) in [4.78, 5) is 37.4. The van der Waals surface area contributed by atoms with Crippen LogP contribution in [0, 0.1) is 6.92 Å². The zero-order valence-corrected chi connectivity index (χ0v) is 21.8. The summed E-state index contributed by atoms with van der Waals surface area (Å²) in [6.07, 6.45) is -0.123. The van der Waals surface area contributed by atoms with E-state index in [2.05, 4.69) is 39.2 Å². The van der Waals surface area contributed by atoms with Gasteiger partial charge in [-0.1, -0.05) is 38.5 Å². The first-order chi connectivity index (χ1) is 13.9. The monoisotopic (exact) mass is 449 g/mol. The van der Waals surface area contributed by atoms with E-state index in [9.17, 15) is 14.4 Å². The molecule has 0 aliphatic carbocycles. The highest BCUT2D eigenvalue weighted by Gasteiger charge is 2.37. The van der Waals surface area contributed by atoms with Crippen molar-refractivity contribution in [2.24, 2.45) is 0 Å². The number of nitrogens with one attached hydrogen (secondary N) is 1. The van der Waals surface area contributed by atoms with Crippen molar-refractivity contribution in [3.05, 3.63) is 34.9 Å². The van der Waals surface area contributed by atoms with E-state index >= 15 is 0 Å². The van der Waals surface area contributed by atoms with Crippen LogP contribution in [-0.4, -0.2) is 37.6 Å². The van der Waals surface area contributed by atoms with E-state index in [1.807, 2.05) is 19.1 Å². The number of hydrogen-bond donors (Lipinski definition) is 1. The molecule has 0 saturated carbocycles. The standard InChI is InChI=1S/C24H39NO5Si/c1-16-11-12-18(15-29-31(9,10)24(6,7)8)19(13-16)21(27)25-20(14-17(2)26)22(28)30-23(3,4)5/h11-13,20H,14-15H2,1-10H3,(H,25,27)/t20-/m0/s1. The molecule has 1 atom stereocenters. The maximum absolute atomic E-state index is 13.1. The van der Waals surface area contributed by atoms with Crippen LogP contribution in [0.3, 0.4) is 0 Å². The van der Waals surface area contributed by atoms with Crippen molar-refractivity contribution in [3.63, 3.8) is 0 Å². The van der Waals surface area contributed by atoms with Crippen LogP contribution in [0.5, 0.6) is 0 Å². The Kier molecular flexibility index (Phi) is 8.80. The zero-order chi connectivity index (χ0) is 24.2. The molecule has 1 rings (SSSR count). The van der Waals surface area contributed by atoms with Crippen LogP contribution < -0.4 is 5.32 Å². The topological polar surface area (TPSA) is 81.7 Å². The van der Waals surface area contributed by atoms with Gasteiger partial charge in [0.05, 0.1) is 6.61 Å². The van der Waals surface area contributed by atoms with Gasteiger partial charge in [-0.05, 0) is 64.4 Å². The molecule has 0 bridgehead atoms. The number of ether oxygens (including phenoxy) is 1. The van der Waals surface area contributed by atoms with Crippen LogP contribution in [0.2, 0.25) is 18.1 Å². The molecule has 0 fully saturated rings. The first kappa shape index (κ1) is 27.0. The lowest BCUT2D eigenvalue weighted by molar-refractivity contribution is -0.158. The third kappa shape index (κ3) is 8.57. The first-order valence-corrected chi connectivity index (χ1v) is 13.6. The summed E-state index contributed by atoms with van der Waals surface area (Å²) in [6, 6.07) is 4.55. The predicted octanol–water partition coefficient (Wildman–Crippen LogP) is 4.94. The molecule has 0 aliphatic rings. The van der Waals surface area contributed by atoms with E-state index in [0.29, 0.717) is 12.2 Å². The van der Waals surface area contributed by atoms with Crippen LogP contribution in [0.25, 0.3) is 0 Å². The lowest BCUT2D eigenvalue weighted by Gasteiger charge is -2.36. The van der Waals surface area contributed by atoms with Gasteiger partial charge in [0.25, 0.3) is 5.91 Å². The Morgan fingerprint density at radius 2 is 1.65 bits per heavy atom. The molecule has 1 amide bonds. The molecule has 1 aromatic carbocycles. The Labute approximate surface area is 188 Å². The molecule has 1 aromatic rings. The Morgan fingerprint density at radius 3 is 2.13 bits per heavy atom. The molecule has 0 radical (unpaired) electrons. The minimum atomic E-state index is -2.01. The van der Waals surface area contributed by atoms with Crippen molar-refractivity contribution in [1.82, 2.24) is 5.32 Å². The normalized spacial score (nSPS) is 13.5. The van der Waals surface area contributed by atoms with Gasteiger partial charge in [-0.15, -0.1) is 0 Å². The number of hydrogen-bond acceptors (Lipinski definition) is 5. The van der Waals surface area contributed by atoms with Crippen molar-refractivity contribution < 1.29 is 23.5 Å². The van der Waals surface area contributed by atoms with Gasteiger partial charge < -0.3 is 14.5 Å². The van der Waals surface area contributed by atoms with Crippen LogP contribution in [0.4, 0.5) is 0 Å². The second-order valence-corrected chi connectivity index (χ2v) is 15.5. The van der Waals surface area contributed by atoms with Crippen molar-refractivity contribution in [2.45, 2.75) is 98.2 Å². The number of aryl methyl sites for hydroxylation is 1. The van der Waals surface area contributed by atoms with Crippen LogP contribution in [0.1, 0.15) is 76.4 Å². The fourth-order valence-electron chi connectivity index (χ4n) is 2.59. The van der Waals surface area contributed by atoms with E-state index < -0.39 is 31.8 Å². The molecule has 0 heterocycles. The summed E-state index contributed by atoms with van der Waals surface area (Å²) < 4.78 is 11.7. The van der Waals surface area contributed by atoms with E-state index in [4.69, 9.17) is 9.16 Å². The van der Waals surface area contributed by atoms with Gasteiger partial charge in [0, 0.05) is 12.0 Å². The lowest BCUT2D eigenvalue weighted by Crippen LogP contribution is -2.45. The Balaban J connectivity index is 3.13. The number of amides is 1. The molecular formula is C24H39NO5Si. The molecule has 31 heavy (non-hydrogen) atoms. The minimum Gasteiger partial charge on any atom is -0.458 e. The van der Waals surface area contributed by atoms with Crippen molar-refractivity contribution in [3.8, 4) is 0 Å². The van der Waals surface area contributed by atoms with Crippen LogP contribution in [-0.2, 0) is 25.4 Å². The second kappa shape index (κ2) is 10.1. The van der Waals surface area contributed by atoms with Gasteiger partial charge in [-0.25, -0.2) is 4.79 Å². The van der Waals surface area contributed by atoms with Gasteiger partial charge in [-0.2, -0.15) is 0 Å². The average molecular weight is 450 g/mol. The van der Waals surface area contributed by atoms with Gasteiger partial charge in [-0.3, -0.25) is 9.59 Å². The number of carbonyl (C=O) groups excluding carboxylic acids is 3. The smallest absolute Gasteiger partial charge is 0.329 e. The largest absolute Gasteiger partial charge is 0.458 e. The molecule has 6 nitrogen and oxygen atoms in total. The Bertz CT molecular complexity index is 818. The molecule has 0 aliphatic heterocycles. The summed E-state index contributed by atoms with van der Waals surface area (Å²) >= 11 is 0. The summed E-state index contributed by atoms with van der Waals surface area (Å²) in [5.41, 5.74) is 1.39. The summed E-state index contributed by atoms with van der Waals surface area (Å²) in [5, 5.41) is 2.75. The van der Waals surface area contributed by atoms with E-state index in [1.54, 1.807) is 26.8 Å². The van der Waals surface area contributed by atoms with Crippen molar-refractivity contribution in [1.29, 1.82) is 0 Å². The maximum Gasteiger partial charge on any atom is 0.329 e. The van der Waals surface area contributed by atoms with Gasteiger partial charge >= 0.3 is 5.97 Å². The van der Waals surface area contributed by atoms with Crippen molar-refractivity contribution in [2.75, 3.05) is 0 Å². The second-order valence-electron chi connectivity index (χ2n) is 10.7. The van der Waals surface area contributed by atoms with Crippen LogP contribution in [0.15, 0.2) is 18.2 Å². The quantitative estimate of drug-likeness (QED) is 0.449. The molecule has 1 N–H and O–H groups in total. The maximum atomic E-state index is 13.1. The van der Waals surface area contributed by atoms with E-state index in [1.165, 1.54) is 6.92 Å². The summed E-state index contributed by atoms with van der Waals surface area (Å²) in [5.74, 6) is -1.25. The highest BCUT2D eigenvalue weighted by molar-refractivity contribution is 6.74. The lowest BCUT2D eigenvalue weighted by atomic mass is 10.0. The summed E-state index contributed by atoms with van der Waals surface area (Å²) in [7, 11) is -2.01. The molecular weight excluding hydrogens is 410 g/mol. The van der Waals surface area contributed by atoms with Crippen LogP contribution >= 0.6 is 0 Å². The Morgan fingerprint density at radius 1 is 1.06 bits per heavy atom. The zero-order valence-electron chi connectivity index (χ0n) is 20.8. The number of Topliss-reactive ketones (excluding diaryl/α,β-unsaturated/α-hetero) is 1. The highest BCUT2D eigenvalue weighted by atomic mass is 28.4. The molecule has 7 heteroatoms. The minimum absolute atomic E-state index is 0.0451. The number of carbonyl (C=O) groups is 3. The number of benzene rings is 1. The highest BCUT2D eigenvalue weighted by Crippen LogP contribution is 2.37. The van der Waals surface area contributed by atoms with E-state index in [-0.39, 0.29) is 17.2 Å². The average Bonchev–Trinajstić information content (AvgIpc) is 2.57. The molecule has 0 aromatic heterocycles. The molecule has 174 valence electrons. The SMILES string of the molecule is CC(=O)C[C@H](NC(=O)c1cc(C)ccc1CO[Si](C)(C)C(C)(C)C)C(=O)OC(C)(C)C. The number of rotatable bonds is 8. The van der Waals surface area contributed by atoms with Gasteiger partial charge in [0.2, 0.25) is 0 Å². The Hall–Kier alpha value is -1.99. The fourth-order valence-corrected chi connectivity index (χ4v) is 3.54. The molecule has 0 saturated heterocycles. The summed E-state index contributed by atoms with van der Waals surface area (Å²) in [6.45, 7) is 19.6. The predicted molar refractivity (Wildman–Crippen MR) is 126 cm³/mol. The van der Waals surface area contributed by atoms with Crippen molar-refractivity contribution >= 4 is 26.0 Å². The van der Waals surface area contributed by atoms with E-state index in [0.717, 1.165) is 11.1 Å². The number of ketones is 1. The third-order valence-electron chi connectivity index (χ3n) is 5.39. The molecule has 0 unspecified atom stereocenters. The number of esters is 1.